The molecule has 0 aliphatic carbocycles. The minimum absolute atomic E-state index is 0. The van der Waals surface area contributed by atoms with E-state index in [0.29, 0.717) is 22.6 Å². The number of rotatable bonds is 7. The van der Waals surface area contributed by atoms with Gasteiger partial charge in [-0.15, -0.1) is 0 Å². The molecule has 2 rings (SSSR count). The van der Waals surface area contributed by atoms with Crippen molar-refractivity contribution < 1.29 is 0 Å². The van der Waals surface area contributed by atoms with Gasteiger partial charge in [-0.1, -0.05) is 67.5 Å². The van der Waals surface area contributed by atoms with E-state index in [4.69, 9.17) is 9.97 Å². The van der Waals surface area contributed by atoms with Crippen molar-refractivity contribution in [1.29, 1.82) is 0 Å². The molecule has 0 unspecified atom stereocenters. The van der Waals surface area contributed by atoms with Gasteiger partial charge in [-0.05, 0) is 69.2 Å². The standard InChI is InChI=1S/C23H36N2P2.B/c1-15(2)26(16(3)4)21-12-10-11-20(24-21)23-19(9)13-14-22(25-23)27(17(5)6)18(7)8;/h10-18H,1-9H3;. The Hall–Kier alpha value is -0.775. The Morgan fingerprint density at radius 2 is 1.11 bits per heavy atom. The van der Waals surface area contributed by atoms with E-state index in [2.05, 4.69) is 92.6 Å². The summed E-state index contributed by atoms with van der Waals surface area (Å²) in [7, 11) is -0.534. The van der Waals surface area contributed by atoms with Gasteiger partial charge < -0.3 is 0 Å². The molecule has 0 amide bonds. The van der Waals surface area contributed by atoms with E-state index in [1.165, 1.54) is 16.4 Å². The fourth-order valence-corrected chi connectivity index (χ4v) is 9.32. The summed E-state index contributed by atoms with van der Waals surface area (Å²) < 4.78 is 0. The van der Waals surface area contributed by atoms with Gasteiger partial charge in [0.05, 0.1) is 22.3 Å². The minimum Gasteiger partial charge on any atom is -0.246 e. The molecular formula is C23H36BN2P2. The summed E-state index contributed by atoms with van der Waals surface area (Å²) in [6.45, 7) is 20.7. The number of hydrogen-bond donors (Lipinski definition) is 0. The van der Waals surface area contributed by atoms with Crippen LogP contribution in [0.5, 0.6) is 0 Å². The van der Waals surface area contributed by atoms with Crippen molar-refractivity contribution in [3.05, 3.63) is 35.9 Å². The summed E-state index contributed by atoms with van der Waals surface area (Å²) in [5, 5.41) is 0. The molecule has 28 heavy (non-hydrogen) atoms. The molecule has 0 aliphatic heterocycles. The van der Waals surface area contributed by atoms with Crippen LogP contribution in [0.25, 0.3) is 11.4 Å². The molecule has 0 saturated heterocycles. The molecular weight excluding hydrogens is 377 g/mol. The fourth-order valence-electron chi connectivity index (χ4n) is 3.87. The molecule has 0 bridgehead atoms. The highest BCUT2D eigenvalue weighted by Crippen LogP contribution is 2.45. The Balaban J connectivity index is 0.00000392. The predicted octanol–water partition coefficient (Wildman–Crippen LogP) is 5.92. The van der Waals surface area contributed by atoms with E-state index in [1.807, 2.05) is 0 Å². The zero-order valence-corrected chi connectivity index (χ0v) is 20.9. The smallest absolute Gasteiger partial charge is 0.0923 e. The van der Waals surface area contributed by atoms with Crippen LogP contribution in [0.4, 0.5) is 0 Å². The molecule has 5 heteroatoms. The summed E-state index contributed by atoms with van der Waals surface area (Å²) in [6, 6.07) is 11.0. The zero-order chi connectivity index (χ0) is 20.3. The third-order valence-corrected chi connectivity index (χ3v) is 10.8. The average molecular weight is 413 g/mol. The topological polar surface area (TPSA) is 25.8 Å². The number of aromatic nitrogens is 2. The molecule has 0 N–H and O–H groups in total. The summed E-state index contributed by atoms with van der Waals surface area (Å²) in [5.41, 5.74) is 8.37. The fraction of sp³-hybridized carbons (Fsp3) is 0.565. The molecule has 0 spiro atoms. The summed E-state index contributed by atoms with van der Waals surface area (Å²) in [6.07, 6.45) is 0. The summed E-state index contributed by atoms with van der Waals surface area (Å²) in [4.78, 5) is 10.3. The van der Waals surface area contributed by atoms with Gasteiger partial charge in [0.25, 0.3) is 0 Å². The van der Waals surface area contributed by atoms with Gasteiger partial charge in [-0.25, -0.2) is 9.97 Å². The monoisotopic (exact) mass is 413 g/mol. The Morgan fingerprint density at radius 1 is 0.643 bits per heavy atom. The highest BCUT2D eigenvalue weighted by Gasteiger charge is 2.23. The zero-order valence-electron chi connectivity index (χ0n) is 19.1. The normalized spacial score (nSPS) is 12.0. The lowest BCUT2D eigenvalue weighted by Gasteiger charge is -2.26. The van der Waals surface area contributed by atoms with E-state index < -0.39 is 0 Å². The van der Waals surface area contributed by atoms with Crippen LogP contribution in [-0.4, -0.2) is 41.0 Å². The number of aryl methyl sites for hydroxylation is 1. The van der Waals surface area contributed by atoms with Crippen molar-refractivity contribution in [2.45, 2.75) is 84.9 Å². The van der Waals surface area contributed by atoms with Crippen LogP contribution in [0.3, 0.4) is 0 Å². The van der Waals surface area contributed by atoms with Gasteiger partial charge >= 0.3 is 0 Å². The van der Waals surface area contributed by atoms with Crippen LogP contribution in [-0.2, 0) is 0 Å². The first-order chi connectivity index (χ1) is 12.6. The molecule has 0 aliphatic rings. The first kappa shape index (κ1) is 25.3. The van der Waals surface area contributed by atoms with Gasteiger partial charge in [0, 0.05) is 8.41 Å². The van der Waals surface area contributed by atoms with E-state index in [-0.39, 0.29) is 24.3 Å². The largest absolute Gasteiger partial charge is 0.246 e. The van der Waals surface area contributed by atoms with Gasteiger partial charge in [0.1, 0.15) is 0 Å². The second kappa shape index (κ2) is 10.8. The second-order valence-electron chi connectivity index (χ2n) is 8.41. The first-order valence-electron chi connectivity index (χ1n) is 10.1. The highest BCUT2D eigenvalue weighted by molar-refractivity contribution is 7.67. The maximum absolute atomic E-state index is 5.15. The number of pyridine rings is 2. The lowest BCUT2D eigenvalue weighted by atomic mass is 10.1. The third kappa shape index (κ3) is 5.87. The molecule has 0 fully saturated rings. The second-order valence-corrected chi connectivity index (χ2v) is 15.1. The van der Waals surface area contributed by atoms with Crippen molar-refractivity contribution >= 4 is 35.1 Å². The number of nitrogens with zero attached hydrogens (tertiary/aromatic N) is 2. The van der Waals surface area contributed by atoms with Crippen LogP contribution in [0, 0.1) is 6.92 Å². The molecule has 151 valence electrons. The third-order valence-electron chi connectivity index (χ3n) is 4.81. The van der Waals surface area contributed by atoms with Crippen LogP contribution >= 0.6 is 15.8 Å². The Bertz CT molecular complexity index is 744. The van der Waals surface area contributed by atoms with Crippen molar-refractivity contribution in [2.24, 2.45) is 0 Å². The summed E-state index contributed by atoms with van der Waals surface area (Å²) >= 11 is 0. The molecule has 2 nitrogen and oxygen atoms in total. The quantitative estimate of drug-likeness (QED) is 0.416. The Kier molecular flexibility index (Phi) is 9.78. The van der Waals surface area contributed by atoms with Gasteiger partial charge in [0.15, 0.2) is 0 Å². The van der Waals surface area contributed by atoms with Crippen LogP contribution in [0.15, 0.2) is 30.3 Å². The lowest BCUT2D eigenvalue weighted by Crippen LogP contribution is -2.20. The minimum atomic E-state index is -0.268. The maximum Gasteiger partial charge on any atom is 0.0923 e. The molecule has 3 radical (unpaired) electrons. The molecule has 0 saturated carbocycles. The van der Waals surface area contributed by atoms with E-state index >= 15 is 0 Å². The average Bonchev–Trinajstić information content (AvgIpc) is 2.55. The predicted molar refractivity (Wildman–Crippen MR) is 132 cm³/mol. The lowest BCUT2D eigenvalue weighted by molar-refractivity contribution is 1.01. The maximum atomic E-state index is 5.15. The van der Waals surface area contributed by atoms with Crippen molar-refractivity contribution in [1.82, 2.24) is 9.97 Å². The first-order valence-corrected chi connectivity index (χ1v) is 13.1. The van der Waals surface area contributed by atoms with E-state index in [9.17, 15) is 0 Å². The highest BCUT2D eigenvalue weighted by atomic mass is 31.1. The van der Waals surface area contributed by atoms with Gasteiger partial charge in [-0.2, -0.15) is 0 Å². The Labute approximate surface area is 177 Å². The van der Waals surface area contributed by atoms with E-state index in [1.54, 1.807) is 0 Å². The summed E-state index contributed by atoms with van der Waals surface area (Å²) in [5.74, 6) is 0. The van der Waals surface area contributed by atoms with Gasteiger partial charge in [0.2, 0.25) is 0 Å². The molecule has 2 aromatic heterocycles. The van der Waals surface area contributed by atoms with Gasteiger partial charge in [-0.3, -0.25) is 0 Å². The van der Waals surface area contributed by atoms with E-state index in [0.717, 1.165) is 11.4 Å². The van der Waals surface area contributed by atoms with Crippen molar-refractivity contribution in [3.8, 4) is 11.4 Å². The van der Waals surface area contributed by atoms with Crippen molar-refractivity contribution in [3.63, 3.8) is 0 Å². The molecule has 2 aromatic rings. The number of hydrogen-bond acceptors (Lipinski definition) is 2. The van der Waals surface area contributed by atoms with Crippen LogP contribution < -0.4 is 10.9 Å². The van der Waals surface area contributed by atoms with Crippen molar-refractivity contribution in [2.75, 3.05) is 0 Å². The molecule has 0 aromatic carbocycles. The Morgan fingerprint density at radius 3 is 1.57 bits per heavy atom. The molecule has 0 atom stereocenters. The van der Waals surface area contributed by atoms with Crippen LogP contribution in [0.1, 0.15) is 61.0 Å². The van der Waals surface area contributed by atoms with Crippen LogP contribution in [0.2, 0.25) is 0 Å². The molecule has 2 heterocycles. The SMILES string of the molecule is Cc1ccc(P(C(C)C)C(C)C)nc1-c1cccc(P(C(C)C)C(C)C)n1.[B].